The van der Waals surface area contributed by atoms with Gasteiger partial charge in [0, 0.05) is 22.8 Å². The molecule has 2 rings (SSSR count). The van der Waals surface area contributed by atoms with Gasteiger partial charge in [-0.1, -0.05) is 17.7 Å². The van der Waals surface area contributed by atoms with E-state index in [1.807, 2.05) is 0 Å². The van der Waals surface area contributed by atoms with Crippen molar-refractivity contribution >= 4 is 11.6 Å². The number of H-pyrrole nitrogens is 1. The largest absolute Gasteiger partial charge is 0.328 e. The number of nitrogens with zero attached hydrogens (tertiary/aromatic N) is 1. The molecule has 6 heteroatoms. The first-order chi connectivity index (χ1) is 8.08. The zero-order valence-corrected chi connectivity index (χ0v) is 9.37. The summed E-state index contributed by atoms with van der Waals surface area (Å²) in [4.78, 5) is 24.4. The fraction of sp³-hybridized carbons (Fsp3) is 0.0909. The highest BCUT2D eigenvalue weighted by atomic mass is 35.5. The predicted octanol–water partition coefficient (Wildman–Crippen LogP) is 1.38. The Balaban J connectivity index is 2.45. The summed E-state index contributed by atoms with van der Waals surface area (Å²) in [6.45, 7) is -0.0267. The maximum absolute atomic E-state index is 13.5. The molecule has 1 aromatic carbocycles. The third-order valence-electron chi connectivity index (χ3n) is 2.29. The van der Waals surface area contributed by atoms with E-state index in [-0.39, 0.29) is 17.1 Å². The second-order valence-corrected chi connectivity index (χ2v) is 3.85. The van der Waals surface area contributed by atoms with Crippen molar-refractivity contribution in [2.45, 2.75) is 6.54 Å². The Labute approximate surface area is 100 Å². The smallest absolute Gasteiger partial charge is 0.296 e. The highest BCUT2D eigenvalue weighted by Crippen LogP contribution is 2.19. The minimum atomic E-state index is -0.600. The molecule has 0 amide bonds. The predicted molar refractivity (Wildman–Crippen MR) is 61.8 cm³/mol. The van der Waals surface area contributed by atoms with Gasteiger partial charge in [-0.2, -0.15) is 0 Å². The number of aromatic amines is 1. The second-order valence-electron chi connectivity index (χ2n) is 3.44. The molecular formula is C11H8ClFN2O2. The lowest BCUT2D eigenvalue weighted by molar-refractivity contribution is 0.593. The van der Waals surface area contributed by atoms with Gasteiger partial charge in [-0.05, 0) is 12.1 Å². The van der Waals surface area contributed by atoms with E-state index in [9.17, 15) is 14.0 Å². The van der Waals surface area contributed by atoms with Crippen LogP contribution in [0.25, 0.3) is 0 Å². The Bertz CT molecular complexity index is 643. The van der Waals surface area contributed by atoms with Crippen LogP contribution in [0.5, 0.6) is 0 Å². The fourth-order valence-electron chi connectivity index (χ4n) is 1.42. The molecule has 0 bridgehead atoms. The van der Waals surface area contributed by atoms with Crippen LogP contribution in [0, 0.1) is 5.82 Å². The molecule has 2 aromatic rings. The molecule has 0 aliphatic rings. The zero-order chi connectivity index (χ0) is 12.4. The van der Waals surface area contributed by atoms with Crippen molar-refractivity contribution in [3.05, 3.63) is 67.7 Å². The van der Waals surface area contributed by atoms with E-state index in [1.54, 1.807) is 0 Å². The van der Waals surface area contributed by atoms with Crippen LogP contribution in [0.4, 0.5) is 4.39 Å². The highest BCUT2D eigenvalue weighted by molar-refractivity contribution is 6.31. The minimum Gasteiger partial charge on any atom is -0.296 e. The standard InChI is InChI=1S/C11H8ClFN2O2/c12-8-2-1-3-9(13)7(8)6-15-5-4-10(16)14-11(15)17/h1-5H,6H2,(H,14,16,17). The van der Waals surface area contributed by atoms with Gasteiger partial charge in [-0.25, -0.2) is 9.18 Å². The van der Waals surface area contributed by atoms with Gasteiger partial charge in [-0.3, -0.25) is 14.3 Å². The molecular weight excluding hydrogens is 247 g/mol. The third-order valence-corrected chi connectivity index (χ3v) is 2.64. The molecule has 1 heterocycles. The van der Waals surface area contributed by atoms with Crippen molar-refractivity contribution in [3.8, 4) is 0 Å². The van der Waals surface area contributed by atoms with E-state index in [1.165, 1.54) is 35.0 Å². The van der Waals surface area contributed by atoms with Gasteiger partial charge in [0.1, 0.15) is 5.82 Å². The van der Waals surface area contributed by atoms with Gasteiger partial charge in [0.05, 0.1) is 6.54 Å². The fourth-order valence-corrected chi connectivity index (χ4v) is 1.65. The van der Waals surface area contributed by atoms with Crippen molar-refractivity contribution < 1.29 is 4.39 Å². The van der Waals surface area contributed by atoms with Crippen LogP contribution in [-0.2, 0) is 6.54 Å². The Morgan fingerprint density at radius 2 is 2.06 bits per heavy atom. The Hall–Kier alpha value is -1.88. The van der Waals surface area contributed by atoms with Crippen LogP contribution in [0.15, 0.2) is 40.1 Å². The Morgan fingerprint density at radius 3 is 2.71 bits per heavy atom. The first-order valence-electron chi connectivity index (χ1n) is 4.80. The molecule has 0 fully saturated rings. The van der Waals surface area contributed by atoms with E-state index in [0.717, 1.165) is 0 Å². The third kappa shape index (κ3) is 2.45. The molecule has 0 atom stereocenters. The summed E-state index contributed by atoms with van der Waals surface area (Å²) >= 11 is 5.84. The van der Waals surface area contributed by atoms with Gasteiger partial charge in [0.2, 0.25) is 0 Å². The van der Waals surface area contributed by atoms with Crippen LogP contribution >= 0.6 is 11.6 Å². The molecule has 1 N–H and O–H groups in total. The lowest BCUT2D eigenvalue weighted by Crippen LogP contribution is -2.29. The first-order valence-corrected chi connectivity index (χ1v) is 5.18. The maximum Gasteiger partial charge on any atom is 0.328 e. The van der Waals surface area contributed by atoms with E-state index in [4.69, 9.17) is 11.6 Å². The summed E-state index contributed by atoms with van der Waals surface area (Å²) in [6, 6.07) is 5.47. The Morgan fingerprint density at radius 1 is 1.29 bits per heavy atom. The molecule has 88 valence electrons. The summed E-state index contributed by atoms with van der Waals surface area (Å²) in [5.41, 5.74) is -0.883. The van der Waals surface area contributed by atoms with Crippen LogP contribution < -0.4 is 11.2 Å². The number of rotatable bonds is 2. The van der Waals surface area contributed by atoms with Crippen molar-refractivity contribution in [2.24, 2.45) is 0 Å². The number of halogens is 2. The molecule has 0 radical (unpaired) electrons. The minimum absolute atomic E-state index is 0.0267. The monoisotopic (exact) mass is 254 g/mol. The maximum atomic E-state index is 13.5. The molecule has 0 aliphatic heterocycles. The van der Waals surface area contributed by atoms with E-state index >= 15 is 0 Å². The number of nitrogens with one attached hydrogen (secondary N) is 1. The molecule has 4 nitrogen and oxygen atoms in total. The highest BCUT2D eigenvalue weighted by Gasteiger charge is 2.08. The molecule has 0 saturated heterocycles. The molecule has 0 spiro atoms. The number of hydrogen-bond donors (Lipinski definition) is 1. The average molecular weight is 255 g/mol. The molecule has 0 unspecified atom stereocenters. The van der Waals surface area contributed by atoms with Crippen molar-refractivity contribution in [3.63, 3.8) is 0 Å². The van der Waals surface area contributed by atoms with Crippen molar-refractivity contribution in [1.82, 2.24) is 9.55 Å². The topological polar surface area (TPSA) is 54.9 Å². The quantitative estimate of drug-likeness (QED) is 0.880. The summed E-state index contributed by atoms with van der Waals surface area (Å²) in [5, 5.41) is 0.239. The van der Waals surface area contributed by atoms with Gasteiger partial charge in [0.15, 0.2) is 0 Å². The normalized spacial score (nSPS) is 10.5. The lowest BCUT2D eigenvalue weighted by Gasteiger charge is -2.07. The molecule has 1 aromatic heterocycles. The molecule has 0 aliphatic carbocycles. The Kier molecular flexibility index (Phi) is 3.10. The van der Waals surface area contributed by atoms with Crippen LogP contribution in [-0.4, -0.2) is 9.55 Å². The number of aromatic nitrogens is 2. The van der Waals surface area contributed by atoms with E-state index < -0.39 is 17.1 Å². The summed E-state index contributed by atoms with van der Waals surface area (Å²) in [7, 11) is 0. The summed E-state index contributed by atoms with van der Waals surface area (Å²) in [5.74, 6) is -0.490. The van der Waals surface area contributed by atoms with Crippen LogP contribution in [0.1, 0.15) is 5.56 Å². The second kappa shape index (κ2) is 4.55. The van der Waals surface area contributed by atoms with Gasteiger partial charge < -0.3 is 0 Å². The average Bonchev–Trinajstić information content (AvgIpc) is 2.26. The van der Waals surface area contributed by atoms with Crippen molar-refractivity contribution in [2.75, 3.05) is 0 Å². The van der Waals surface area contributed by atoms with E-state index in [2.05, 4.69) is 4.98 Å². The number of hydrogen-bond acceptors (Lipinski definition) is 2. The van der Waals surface area contributed by atoms with Gasteiger partial charge in [-0.15, -0.1) is 0 Å². The number of benzene rings is 1. The van der Waals surface area contributed by atoms with Gasteiger partial charge >= 0.3 is 5.69 Å². The lowest BCUT2D eigenvalue weighted by atomic mass is 10.2. The zero-order valence-electron chi connectivity index (χ0n) is 8.61. The van der Waals surface area contributed by atoms with E-state index in [0.29, 0.717) is 0 Å². The summed E-state index contributed by atoms with van der Waals surface area (Å²) in [6.07, 6.45) is 1.30. The molecule has 0 saturated carbocycles. The van der Waals surface area contributed by atoms with Gasteiger partial charge in [0.25, 0.3) is 5.56 Å². The summed E-state index contributed by atoms with van der Waals surface area (Å²) < 4.78 is 14.6. The first kappa shape index (κ1) is 11.6. The van der Waals surface area contributed by atoms with Crippen molar-refractivity contribution in [1.29, 1.82) is 0 Å². The van der Waals surface area contributed by atoms with Crippen LogP contribution in [0.3, 0.4) is 0 Å². The molecule has 17 heavy (non-hydrogen) atoms. The van der Waals surface area contributed by atoms with Crippen LogP contribution in [0.2, 0.25) is 5.02 Å². The SMILES string of the molecule is O=c1ccn(Cc2c(F)cccc2Cl)c(=O)[nH]1.